The number of carboxylic acids is 1. The van der Waals surface area contributed by atoms with Gasteiger partial charge in [-0.15, -0.1) is 0 Å². The van der Waals surface area contributed by atoms with Crippen molar-refractivity contribution in [1.82, 2.24) is 4.90 Å². The van der Waals surface area contributed by atoms with Gasteiger partial charge in [0.15, 0.2) is 0 Å². The van der Waals surface area contributed by atoms with Crippen LogP contribution in [0.1, 0.15) is 41.9 Å². The smallest absolute Gasteiger partial charge is 0.308 e. The third-order valence-corrected chi connectivity index (χ3v) is 5.60. The molecule has 2 aromatic carbocycles. The molecule has 1 fully saturated rings. The van der Waals surface area contributed by atoms with E-state index in [4.69, 9.17) is 4.74 Å². The summed E-state index contributed by atoms with van der Waals surface area (Å²) in [7, 11) is 0. The minimum absolute atomic E-state index is 0.0291. The molecular weight excluding hydrogens is 366 g/mol. The van der Waals surface area contributed by atoms with Crippen molar-refractivity contribution >= 4 is 11.9 Å². The predicted molar refractivity (Wildman–Crippen MR) is 112 cm³/mol. The van der Waals surface area contributed by atoms with E-state index in [1.165, 1.54) is 0 Å². The number of carbonyl (C=O) groups is 2. The maximum absolute atomic E-state index is 12.6. The second-order valence-corrected chi connectivity index (χ2v) is 7.84. The van der Waals surface area contributed by atoms with Gasteiger partial charge < -0.3 is 14.7 Å². The Morgan fingerprint density at radius 1 is 1.07 bits per heavy atom. The van der Waals surface area contributed by atoms with Crippen molar-refractivity contribution < 1.29 is 19.4 Å². The molecule has 5 nitrogen and oxygen atoms in total. The first kappa shape index (κ1) is 20.9. The summed E-state index contributed by atoms with van der Waals surface area (Å²) in [6.07, 6.45) is 1.94. The highest BCUT2D eigenvalue weighted by molar-refractivity contribution is 5.79. The van der Waals surface area contributed by atoms with Crippen molar-refractivity contribution in [2.75, 3.05) is 19.7 Å². The van der Waals surface area contributed by atoms with E-state index in [1.807, 2.05) is 56.3 Å². The Bertz CT molecular complexity index is 849. The molecular formula is C24H29NO4. The van der Waals surface area contributed by atoms with Crippen LogP contribution in [0.4, 0.5) is 0 Å². The Labute approximate surface area is 172 Å². The van der Waals surface area contributed by atoms with Crippen molar-refractivity contribution in [3.63, 3.8) is 0 Å². The first-order valence-corrected chi connectivity index (χ1v) is 10.2. The normalized spacial score (nSPS) is 18.6. The number of unbranched alkanes of at least 4 members (excludes halogenated alkanes) is 1. The average Bonchev–Trinajstić information content (AvgIpc) is 3.17. The van der Waals surface area contributed by atoms with Gasteiger partial charge in [-0.05, 0) is 49.4 Å². The molecule has 1 heterocycles. The van der Waals surface area contributed by atoms with Crippen LogP contribution in [0.25, 0.3) is 0 Å². The van der Waals surface area contributed by atoms with Gasteiger partial charge in [-0.1, -0.05) is 42.5 Å². The lowest BCUT2D eigenvalue weighted by Crippen LogP contribution is -2.29. The SMILES string of the molecule is Cc1ccc(C)c(OCCCCC(=O)N2CC(C(=O)O)C(c3ccccc3)C2)c1. The molecule has 0 aliphatic carbocycles. The van der Waals surface area contributed by atoms with Gasteiger partial charge in [0.25, 0.3) is 0 Å². The monoisotopic (exact) mass is 395 g/mol. The van der Waals surface area contributed by atoms with Gasteiger partial charge in [-0.2, -0.15) is 0 Å². The number of aliphatic carboxylic acids is 1. The maximum Gasteiger partial charge on any atom is 0.308 e. The second-order valence-electron chi connectivity index (χ2n) is 7.84. The Morgan fingerprint density at radius 3 is 2.55 bits per heavy atom. The summed E-state index contributed by atoms with van der Waals surface area (Å²) >= 11 is 0. The van der Waals surface area contributed by atoms with Crippen LogP contribution in [-0.2, 0) is 9.59 Å². The molecule has 2 aromatic rings. The second kappa shape index (κ2) is 9.59. The van der Waals surface area contributed by atoms with E-state index in [0.717, 1.165) is 35.3 Å². The molecule has 0 bridgehead atoms. The maximum atomic E-state index is 12.6. The molecule has 1 aliphatic rings. The highest BCUT2D eigenvalue weighted by Crippen LogP contribution is 2.33. The predicted octanol–water partition coefficient (Wildman–Crippen LogP) is 4.18. The first-order chi connectivity index (χ1) is 14.0. The zero-order valence-corrected chi connectivity index (χ0v) is 17.1. The van der Waals surface area contributed by atoms with Gasteiger partial charge in [0.05, 0.1) is 12.5 Å². The van der Waals surface area contributed by atoms with Crippen molar-refractivity contribution in [3.8, 4) is 5.75 Å². The van der Waals surface area contributed by atoms with E-state index >= 15 is 0 Å². The van der Waals surface area contributed by atoms with Crippen LogP contribution in [0.15, 0.2) is 48.5 Å². The first-order valence-electron chi connectivity index (χ1n) is 10.2. The number of benzene rings is 2. The fourth-order valence-corrected chi connectivity index (χ4v) is 3.88. The molecule has 0 saturated carbocycles. The summed E-state index contributed by atoms with van der Waals surface area (Å²) in [6.45, 7) is 5.38. The molecule has 29 heavy (non-hydrogen) atoms. The van der Waals surface area contributed by atoms with Gasteiger partial charge in [0, 0.05) is 25.4 Å². The number of hydrogen-bond donors (Lipinski definition) is 1. The van der Waals surface area contributed by atoms with E-state index in [1.54, 1.807) is 4.90 Å². The van der Waals surface area contributed by atoms with Crippen molar-refractivity contribution in [2.45, 2.75) is 39.0 Å². The van der Waals surface area contributed by atoms with Crippen LogP contribution in [0.2, 0.25) is 0 Å². The minimum atomic E-state index is -0.837. The Kier molecular flexibility index (Phi) is 6.91. The molecule has 2 unspecified atom stereocenters. The number of carboxylic acid groups (broad SMARTS) is 1. The molecule has 1 aliphatic heterocycles. The number of nitrogens with zero attached hydrogens (tertiary/aromatic N) is 1. The summed E-state index contributed by atoms with van der Waals surface area (Å²) in [4.78, 5) is 26.0. The summed E-state index contributed by atoms with van der Waals surface area (Å²) in [5.41, 5.74) is 3.25. The number of carbonyl (C=O) groups excluding carboxylic acids is 1. The van der Waals surface area contributed by atoms with E-state index in [-0.39, 0.29) is 18.4 Å². The summed E-state index contributed by atoms with van der Waals surface area (Å²) in [5, 5.41) is 9.59. The van der Waals surface area contributed by atoms with E-state index in [0.29, 0.717) is 19.6 Å². The van der Waals surface area contributed by atoms with Gasteiger partial charge in [0.1, 0.15) is 5.75 Å². The fraction of sp³-hybridized carbons (Fsp3) is 0.417. The van der Waals surface area contributed by atoms with Crippen LogP contribution >= 0.6 is 0 Å². The summed E-state index contributed by atoms with van der Waals surface area (Å²) in [5.74, 6) is -0.609. The van der Waals surface area contributed by atoms with Crippen LogP contribution in [-0.4, -0.2) is 41.6 Å². The van der Waals surface area contributed by atoms with Gasteiger partial charge in [0.2, 0.25) is 5.91 Å². The largest absolute Gasteiger partial charge is 0.493 e. The lowest BCUT2D eigenvalue weighted by molar-refractivity contribution is -0.141. The zero-order valence-electron chi connectivity index (χ0n) is 17.1. The van der Waals surface area contributed by atoms with Gasteiger partial charge >= 0.3 is 5.97 Å². The third kappa shape index (κ3) is 5.37. The number of amides is 1. The molecule has 3 rings (SSSR count). The Balaban J connectivity index is 1.47. The molecule has 1 saturated heterocycles. The van der Waals surface area contributed by atoms with Crippen molar-refractivity contribution in [1.29, 1.82) is 0 Å². The van der Waals surface area contributed by atoms with Crippen molar-refractivity contribution in [2.24, 2.45) is 5.92 Å². The molecule has 0 aromatic heterocycles. The molecule has 1 N–H and O–H groups in total. The quantitative estimate of drug-likeness (QED) is 0.681. The molecule has 154 valence electrons. The molecule has 5 heteroatoms. The lowest BCUT2D eigenvalue weighted by Gasteiger charge is -2.16. The highest BCUT2D eigenvalue weighted by atomic mass is 16.5. The topological polar surface area (TPSA) is 66.8 Å². The van der Waals surface area contributed by atoms with Crippen LogP contribution < -0.4 is 4.74 Å². The minimum Gasteiger partial charge on any atom is -0.493 e. The molecule has 0 radical (unpaired) electrons. The number of likely N-dealkylation sites (tertiary alicyclic amines) is 1. The number of hydrogen-bond acceptors (Lipinski definition) is 3. The highest BCUT2D eigenvalue weighted by Gasteiger charge is 2.40. The lowest BCUT2D eigenvalue weighted by atomic mass is 9.89. The number of ether oxygens (including phenoxy) is 1. The van der Waals surface area contributed by atoms with Gasteiger partial charge in [-0.3, -0.25) is 9.59 Å². The molecule has 1 amide bonds. The van der Waals surface area contributed by atoms with E-state index < -0.39 is 11.9 Å². The molecule has 2 atom stereocenters. The van der Waals surface area contributed by atoms with E-state index in [2.05, 4.69) is 6.07 Å². The Morgan fingerprint density at radius 2 is 1.83 bits per heavy atom. The average molecular weight is 395 g/mol. The van der Waals surface area contributed by atoms with Crippen molar-refractivity contribution in [3.05, 3.63) is 65.2 Å². The third-order valence-electron chi connectivity index (χ3n) is 5.60. The summed E-state index contributed by atoms with van der Waals surface area (Å²) < 4.78 is 5.85. The molecule has 0 spiro atoms. The van der Waals surface area contributed by atoms with Crippen LogP contribution in [0.3, 0.4) is 0 Å². The summed E-state index contributed by atoms with van der Waals surface area (Å²) in [6, 6.07) is 15.8. The number of aryl methyl sites for hydroxylation is 2. The number of rotatable bonds is 8. The zero-order chi connectivity index (χ0) is 20.8. The fourth-order valence-electron chi connectivity index (χ4n) is 3.88. The standard InChI is InChI=1S/C24H29NO4/c1-17-11-12-18(2)22(14-17)29-13-7-6-10-23(26)25-15-20(21(16-25)24(27)28)19-8-4-3-5-9-19/h3-5,8-9,11-12,14,20-21H,6-7,10,13,15-16H2,1-2H3,(H,27,28). The van der Waals surface area contributed by atoms with Gasteiger partial charge in [-0.25, -0.2) is 0 Å². The Hall–Kier alpha value is -2.82. The van der Waals surface area contributed by atoms with E-state index in [9.17, 15) is 14.7 Å². The van der Waals surface area contributed by atoms with Crippen LogP contribution in [0, 0.1) is 19.8 Å². The van der Waals surface area contributed by atoms with Crippen LogP contribution in [0.5, 0.6) is 5.75 Å².